The molecule has 0 radical (unpaired) electrons. The summed E-state index contributed by atoms with van der Waals surface area (Å²) in [5, 5.41) is 40.9. The number of pyridine rings is 1. The second-order valence-corrected chi connectivity index (χ2v) is 14.1. The molecule has 2 saturated heterocycles. The zero-order valence-corrected chi connectivity index (χ0v) is 28.1. The van der Waals surface area contributed by atoms with Crippen molar-refractivity contribution in [2.45, 2.75) is 62.9 Å². The number of aromatic nitrogens is 7. The van der Waals surface area contributed by atoms with Crippen LogP contribution in [0.5, 0.6) is 5.75 Å². The van der Waals surface area contributed by atoms with Crippen LogP contribution < -0.4 is 11.2 Å². The van der Waals surface area contributed by atoms with Gasteiger partial charge in [0.2, 0.25) is 0 Å². The Bertz CT molecular complexity index is 2060. The fourth-order valence-corrected chi connectivity index (χ4v) is 7.11. The van der Waals surface area contributed by atoms with Gasteiger partial charge in [-0.2, -0.15) is 0 Å². The molecule has 2 fully saturated rings. The van der Waals surface area contributed by atoms with Gasteiger partial charge in [-0.1, -0.05) is 0 Å². The van der Waals surface area contributed by atoms with Crippen LogP contribution in [0.2, 0.25) is 0 Å². The Balaban J connectivity index is 1.13. The van der Waals surface area contributed by atoms with Crippen LogP contribution in [0.3, 0.4) is 0 Å². The van der Waals surface area contributed by atoms with Gasteiger partial charge in [-0.25, -0.2) is 24.7 Å². The minimum absolute atomic E-state index is 0.0890. The Hall–Kier alpha value is -3.86. The summed E-state index contributed by atoms with van der Waals surface area (Å²) >= 11 is 5.23. The number of H-pyrrole nitrogens is 1. The molecule has 50 heavy (non-hydrogen) atoms. The highest BCUT2D eigenvalue weighted by Crippen LogP contribution is 2.50. The lowest BCUT2D eigenvalue weighted by Gasteiger charge is -2.27. The average Bonchev–Trinajstić information content (AvgIpc) is 3.79. The molecule has 8 atom stereocenters. The Morgan fingerprint density at radius 1 is 1.16 bits per heavy atom. The summed E-state index contributed by atoms with van der Waals surface area (Å²) in [5.74, 6) is 0.0360. The van der Waals surface area contributed by atoms with Gasteiger partial charge in [-0.05, 0) is 18.7 Å². The van der Waals surface area contributed by atoms with E-state index in [1.54, 1.807) is 11.5 Å². The van der Waals surface area contributed by atoms with E-state index in [1.807, 2.05) is 0 Å². The molecule has 20 nitrogen and oxygen atoms in total. The van der Waals surface area contributed by atoms with E-state index < -0.39 is 67.6 Å². The number of nitrogens with zero attached hydrogens (tertiary/aromatic N) is 7. The first kappa shape index (κ1) is 35.9. The maximum atomic E-state index is 12.4. The number of fused-ring (bicyclic) bond motifs is 1. The number of imidazole rings is 1. The third-order valence-electron chi connectivity index (χ3n) is 8.22. The largest absolute Gasteiger partial charge is 0.505 e. The minimum Gasteiger partial charge on any atom is -0.505 e. The van der Waals surface area contributed by atoms with E-state index in [2.05, 4.69) is 29.9 Å². The normalized spacial score (nSPS) is 26.6. The molecule has 0 aliphatic carbocycles. The van der Waals surface area contributed by atoms with E-state index in [9.17, 15) is 34.9 Å². The van der Waals surface area contributed by atoms with Crippen molar-refractivity contribution >= 4 is 41.7 Å². The molecule has 4 aromatic rings. The van der Waals surface area contributed by atoms with Crippen molar-refractivity contribution in [3.63, 3.8) is 0 Å². The van der Waals surface area contributed by atoms with E-state index >= 15 is 0 Å². The summed E-state index contributed by atoms with van der Waals surface area (Å²) in [4.78, 5) is 58.2. The number of methoxy groups -OCH3 is 1. The average molecular weight is 737 g/mol. The number of aliphatic imine (C=N–C) groups is 1. The molecule has 3 unspecified atom stereocenters. The zero-order chi connectivity index (χ0) is 35.7. The van der Waals surface area contributed by atoms with Gasteiger partial charge in [0.05, 0.1) is 37.9 Å². The number of aryl methyl sites for hydroxylation is 1. The first-order chi connectivity index (χ1) is 23.9. The van der Waals surface area contributed by atoms with Crippen molar-refractivity contribution in [1.82, 2.24) is 34.1 Å². The van der Waals surface area contributed by atoms with Crippen LogP contribution >= 0.6 is 6.72 Å². The Morgan fingerprint density at radius 3 is 2.68 bits per heavy atom. The fourth-order valence-electron chi connectivity index (χ4n) is 5.67. The summed E-state index contributed by atoms with van der Waals surface area (Å²) < 4.78 is 31.2. The van der Waals surface area contributed by atoms with Gasteiger partial charge in [-0.3, -0.25) is 28.4 Å². The van der Waals surface area contributed by atoms with Gasteiger partial charge < -0.3 is 44.1 Å². The fraction of sp³-hybridized carbons (Fsp3) is 0.464. The van der Waals surface area contributed by atoms with Gasteiger partial charge in [0.1, 0.15) is 42.7 Å². The third-order valence-corrected chi connectivity index (χ3v) is 9.78. The highest BCUT2D eigenvalue weighted by molar-refractivity contribution is 8.07. The van der Waals surface area contributed by atoms with Gasteiger partial charge in [0.25, 0.3) is 5.56 Å². The third kappa shape index (κ3) is 7.16. The smallest absolute Gasteiger partial charge is 0.330 e. The molecular weight excluding hydrogens is 703 g/mol. The maximum Gasteiger partial charge on any atom is 0.330 e. The number of ether oxygens (including phenoxy) is 3. The van der Waals surface area contributed by atoms with E-state index in [4.69, 9.17) is 35.1 Å². The van der Waals surface area contributed by atoms with Crippen LogP contribution in [0.1, 0.15) is 35.7 Å². The van der Waals surface area contributed by atoms with Crippen LogP contribution in [0, 0.1) is 6.92 Å². The van der Waals surface area contributed by atoms with Gasteiger partial charge in [-0.15, -0.1) is 0 Å². The zero-order valence-electron chi connectivity index (χ0n) is 26.4. The van der Waals surface area contributed by atoms with E-state index in [-0.39, 0.29) is 36.8 Å². The number of rotatable bonds is 12. The highest BCUT2D eigenvalue weighted by Gasteiger charge is 2.49. The molecule has 6 rings (SSSR count). The Morgan fingerprint density at radius 2 is 1.96 bits per heavy atom. The molecule has 0 saturated carbocycles. The minimum atomic E-state index is -4.10. The first-order valence-corrected chi connectivity index (χ1v) is 17.6. The van der Waals surface area contributed by atoms with Crippen LogP contribution in [-0.4, -0.2) is 116 Å². The lowest BCUT2D eigenvalue weighted by atomic mass is 10.1. The number of aliphatic hydroxyl groups excluding tert-OH is 3. The number of aromatic hydroxyl groups is 1. The second-order valence-electron chi connectivity index (χ2n) is 11.3. The van der Waals surface area contributed by atoms with E-state index in [0.29, 0.717) is 22.4 Å². The SMILES string of the molecule is CO[C@H]1C(OP(O)(=S)OC[C@H]2O[C@@H](n3cnc4c(/N=C\c5c(CO)cnc(C)c5O)ncnc43)CC2O)[C@@H](CO)O[C@H]1n1ccc(=O)[nH]c1=O. The predicted molar refractivity (Wildman–Crippen MR) is 174 cm³/mol. The molecule has 0 bridgehead atoms. The molecule has 6 heterocycles. The summed E-state index contributed by atoms with van der Waals surface area (Å²) in [6.45, 7) is -3.83. The van der Waals surface area contributed by atoms with Crippen LogP contribution in [0.4, 0.5) is 5.82 Å². The van der Waals surface area contributed by atoms with Crippen LogP contribution in [0.15, 0.2) is 45.7 Å². The molecule has 22 heteroatoms. The molecule has 0 aromatic carbocycles. The molecule has 0 amide bonds. The van der Waals surface area contributed by atoms with Crippen molar-refractivity contribution in [2.24, 2.45) is 4.99 Å². The molecule has 6 N–H and O–H groups in total. The van der Waals surface area contributed by atoms with Crippen molar-refractivity contribution in [3.8, 4) is 5.75 Å². The summed E-state index contributed by atoms with van der Waals surface area (Å²) in [6, 6.07) is 1.11. The van der Waals surface area contributed by atoms with Crippen molar-refractivity contribution in [3.05, 3.63) is 68.8 Å². The quantitative estimate of drug-likeness (QED) is 0.0767. The molecule has 268 valence electrons. The molecular formula is C28H33N8O12PS. The summed E-state index contributed by atoms with van der Waals surface area (Å²) in [7, 11) is 1.30. The van der Waals surface area contributed by atoms with Crippen molar-refractivity contribution in [2.75, 3.05) is 20.3 Å². The molecule has 4 aromatic heterocycles. The van der Waals surface area contributed by atoms with Gasteiger partial charge in [0.15, 0.2) is 23.2 Å². The first-order valence-electron chi connectivity index (χ1n) is 15.0. The molecule has 2 aliphatic heterocycles. The maximum absolute atomic E-state index is 12.4. The lowest BCUT2D eigenvalue weighted by molar-refractivity contribution is -0.0625. The standard InChI is InChI=1S/C28H33N8O12PS/c1-13-22(41)15(14(8-37)6-29-13)7-30-25-21-26(32-11-31-25)36(12-33-21)20-5-16(39)18(46-20)10-45-49(43,50)48-23-17(9-38)47-27(24(23)44-2)35-4-3-19(40)34-28(35)42/h3-4,6-7,11-12,16-18,20,23-24,27,37-39,41H,5,8-10H2,1-2H3,(H,43,50)(H,34,40,42)/b30-7-/t16?,17-,18-,20-,23?,24+,27-,49?/m1/s1. The Labute approximate surface area is 286 Å². The lowest BCUT2D eigenvalue weighted by Crippen LogP contribution is -2.40. The number of aromatic amines is 1. The second kappa shape index (κ2) is 14.8. The van der Waals surface area contributed by atoms with E-state index in [1.165, 1.54) is 38.4 Å². The number of hydrogen-bond acceptors (Lipinski definition) is 17. The number of hydrogen-bond donors (Lipinski definition) is 6. The van der Waals surface area contributed by atoms with Gasteiger partial charge in [0, 0.05) is 49.3 Å². The van der Waals surface area contributed by atoms with Crippen LogP contribution in [-0.2, 0) is 41.7 Å². The highest BCUT2D eigenvalue weighted by atomic mass is 32.5. The molecule has 2 aliphatic rings. The summed E-state index contributed by atoms with van der Waals surface area (Å²) in [6.07, 6.45) is -0.523. The van der Waals surface area contributed by atoms with Gasteiger partial charge >= 0.3 is 12.4 Å². The Kier molecular flexibility index (Phi) is 10.6. The van der Waals surface area contributed by atoms with E-state index in [0.717, 1.165) is 10.6 Å². The van der Waals surface area contributed by atoms with Crippen molar-refractivity contribution in [1.29, 1.82) is 0 Å². The summed E-state index contributed by atoms with van der Waals surface area (Å²) in [5.41, 5.74) is 0.211. The predicted octanol–water partition coefficient (Wildman–Crippen LogP) is -0.800. The molecule has 0 spiro atoms. The topological polar surface area (TPSA) is 271 Å². The van der Waals surface area contributed by atoms with Crippen LogP contribution in [0.25, 0.3) is 11.2 Å². The monoisotopic (exact) mass is 736 g/mol. The number of aliphatic hydroxyl groups is 3. The number of nitrogens with one attached hydrogen (secondary N) is 1. The van der Waals surface area contributed by atoms with Crippen molar-refractivity contribution < 1.29 is 48.6 Å².